The first-order valence-corrected chi connectivity index (χ1v) is 3.87. The summed E-state index contributed by atoms with van der Waals surface area (Å²) in [5.41, 5.74) is 2.53. The van der Waals surface area contributed by atoms with Gasteiger partial charge in [0.25, 0.3) is 0 Å². The van der Waals surface area contributed by atoms with Crippen LogP contribution < -0.4 is 10.2 Å². The molecular weight excluding hydrogens is 136 g/mol. The standard InChI is InChI=1S/C9H12N2/c1-7-10-8-5-3-4-6-9(8)11(7)2/h3-7,10H,1-2H3/t7-/m1/s1. The Morgan fingerprint density at radius 1 is 1.36 bits per heavy atom. The number of rotatable bonds is 0. The van der Waals surface area contributed by atoms with E-state index in [2.05, 4.69) is 48.5 Å². The molecule has 58 valence electrons. The zero-order valence-electron chi connectivity index (χ0n) is 6.83. The Bertz CT molecular complexity index is 270. The van der Waals surface area contributed by atoms with E-state index in [1.165, 1.54) is 11.4 Å². The first kappa shape index (κ1) is 6.53. The van der Waals surface area contributed by atoms with Crippen molar-refractivity contribution in [1.82, 2.24) is 0 Å². The van der Waals surface area contributed by atoms with Gasteiger partial charge >= 0.3 is 0 Å². The number of nitrogens with one attached hydrogen (secondary N) is 1. The summed E-state index contributed by atoms with van der Waals surface area (Å²) in [7, 11) is 2.10. The highest BCUT2D eigenvalue weighted by Crippen LogP contribution is 2.32. The van der Waals surface area contributed by atoms with Gasteiger partial charge in [0.15, 0.2) is 0 Å². The van der Waals surface area contributed by atoms with Crippen LogP contribution >= 0.6 is 0 Å². The number of anilines is 2. The largest absolute Gasteiger partial charge is 0.364 e. The molecule has 0 aliphatic carbocycles. The molecule has 0 spiro atoms. The van der Waals surface area contributed by atoms with E-state index < -0.39 is 0 Å². The number of hydrogen-bond donors (Lipinski definition) is 1. The number of hydrogen-bond acceptors (Lipinski definition) is 2. The smallest absolute Gasteiger partial charge is 0.0959 e. The van der Waals surface area contributed by atoms with Crippen LogP contribution in [0.5, 0.6) is 0 Å². The SMILES string of the molecule is C[C@@H]1Nc2ccccc2N1C. The van der Waals surface area contributed by atoms with Crippen molar-refractivity contribution in [2.24, 2.45) is 0 Å². The molecule has 0 saturated heterocycles. The number of fused-ring (bicyclic) bond motifs is 1. The summed E-state index contributed by atoms with van der Waals surface area (Å²) in [6.45, 7) is 2.15. The third kappa shape index (κ3) is 0.862. The molecule has 2 rings (SSSR count). The quantitative estimate of drug-likeness (QED) is 0.604. The summed E-state index contributed by atoms with van der Waals surface area (Å²) in [6, 6.07) is 8.36. The second-order valence-electron chi connectivity index (χ2n) is 2.95. The molecular formula is C9H12N2. The van der Waals surface area contributed by atoms with Crippen LogP contribution in [0.25, 0.3) is 0 Å². The maximum atomic E-state index is 3.37. The Labute approximate surface area is 66.8 Å². The van der Waals surface area contributed by atoms with Gasteiger partial charge < -0.3 is 10.2 Å². The molecule has 1 N–H and O–H groups in total. The molecule has 11 heavy (non-hydrogen) atoms. The van der Waals surface area contributed by atoms with Gasteiger partial charge in [-0.1, -0.05) is 12.1 Å². The molecule has 1 aromatic carbocycles. The van der Waals surface area contributed by atoms with E-state index in [4.69, 9.17) is 0 Å². The Hall–Kier alpha value is -1.18. The lowest BCUT2D eigenvalue weighted by Crippen LogP contribution is -2.28. The van der Waals surface area contributed by atoms with Gasteiger partial charge in [0.2, 0.25) is 0 Å². The summed E-state index contributed by atoms with van der Waals surface area (Å²) in [4.78, 5) is 2.23. The lowest BCUT2D eigenvalue weighted by Gasteiger charge is -2.16. The van der Waals surface area contributed by atoms with Gasteiger partial charge in [0.05, 0.1) is 17.5 Å². The molecule has 0 fully saturated rings. The van der Waals surface area contributed by atoms with Gasteiger partial charge in [-0.05, 0) is 19.1 Å². The first-order valence-electron chi connectivity index (χ1n) is 3.87. The highest BCUT2D eigenvalue weighted by atomic mass is 15.3. The minimum atomic E-state index is 0.424. The van der Waals surface area contributed by atoms with Crippen molar-refractivity contribution in [2.45, 2.75) is 13.1 Å². The summed E-state index contributed by atoms with van der Waals surface area (Å²) < 4.78 is 0. The summed E-state index contributed by atoms with van der Waals surface area (Å²) >= 11 is 0. The molecule has 2 heteroatoms. The van der Waals surface area contributed by atoms with Gasteiger partial charge in [-0.2, -0.15) is 0 Å². The van der Waals surface area contributed by atoms with Crippen molar-refractivity contribution in [1.29, 1.82) is 0 Å². The first-order chi connectivity index (χ1) is 5.29. The Morgan fingerprint density at radius 3 is 2.82 bits per heavy atom. The Kier molecular flexibility index (Phi) is 1.28. The van der Waals surface area contributed by atoms with Crippen molar-refractivity contribution in [3.05, 3.63) is 24.3 Å². The summed E-state index contributed by atoms with van der Waals surface area (Å²) in [5, 5.41) is 3.37. The number of nitrogens with zero attached hydrogens (tertiary/aromatic N) is 1. The fourth-order valence-corrected chi connectivity index (χ4v) is 1.43. The van der Waals surface area contributed by atoms with Crippen molar-refractivity contribution >= 4 is 11.4 Å². The van der Waals surface area contributed by atoms with Crippen LogP contribution in [0.4, 0.5) is 11.4 Å². The molecule has 0 unspecified atom stereocenters. The molecule has 1 heterocycles. The summed E-state index contributed by atoms with van der Waals surface area (Å²) in [6.07, 6.45) is 0.424. The van der Waals surface area contributed by atoms with Gasteiger partial charge in [0.1, 0.15) is 0 Å². The van der Waals surface area contributed by atoms with Crippen LogP contribution in [0.1, 0.15) is 6.92 Å². The minimum Gasteiger partial charge on any atom is -0.364 e. The van der Waals surface area contributed by atoms with Crippen LogP contribution in [0, 0.1) is 0 Å². The molecule has 0 amide bonds. The van der Waals surface area contributed by atoms with Gasteiger partial charge in [-0.3, -0.25) is 0 Å². The van der Waals surface area contributed by atoms with E-state index in [0.717, 1.165) is 0 Å². The van der Waals surface area contributed by atoms with Gasteiger partial charge in [0, 0.05) is 7.05 Å². The Balaban J connectivity index is 2.47. The topological polar surface area (TPSA) is 15.3 Å². The molecule has 1 aliphatic heterocycles. The minimum absolute atomic E-state index is 0.424. The molecule has 2 nitrogen and oxygen atoms in total. The van der Waals surface area contributed by atoms with E-state index in [1.807, 2.05) is 0 Å². The third-order valence-corrected chi connectivity index (χ3v) is 2.23. The lowest BCUT2D eigenvalue weighted by molar-refractivity contribution is 0.806. The lowest BCUT2D eigenvalue weighted by atomic mass is 10.3. The van der Waals surface area contributed by atoms with Crippen molar-refractivity contribution in [2.75, 3.05) is 17.3 Å². The normalized spacial score (nSPS) is 21.3. The highest BCUT2D eigenvalue weighted by molar-refractivity contribution is 5.75. The van der Waals surface area contributed by atoms with Crippen LogP contribution in [0.2, 0.25) is 0 Å². The van der Waals surface area contributed by atoms with Crippen LogP contribution in [-0.4, -0.2) is 13.2 Å². The van der Waals surface area contributed by atoms with Gasteiger partial charge in [-0.25, -0.2) is 0 Å². The molecule has 0 saturated carbocycles. The molecule has 1 atom stereocenters. The van der Waals surface area contributed by atoms with Crippen molar-refractivity contribution < 1.29 is 0 Å². The number of para-hydroxylation sites is 2. The van der Waals surface area contributed by atoms with Crippen molar-refractivity contribution in [3.8, 4) is 0 Å². The average Bonchev–Trinajstić information content (AvgIpc) is 2.30. The molecule has 1 aromatic rings. The van der Waals surface area contributed by atoms with E-state index in [1.54, 1.807) is 0 Å². The monoisotopic (exact) mass is 148 g/mol. The van der Waals surface area contributed by atoms with E-state index in [-0.39, 0.29) is 0 Å². The van der Waals surface area contributed by atoms with Gasteiger partial charge in [-0.15, -0.1) is 0 Å². The second-order valence-corrected chi connectivity index (χ2v) is 2.95. The van der Waals surface area contributed by atoms with Crippen molar-refractivity contribution in [3.63, 3.8) is 0 Å². The zero-order valence-corrected chi connectivity index (χ0v) is 6.83. The molecule has 1 aliphatic rings. The predicted octanol–water partition coefficient (Wildman–Crippen LogP) is 1.89. The summed E-state index contributed by atoms with van der Waals surface area (Å²) in [5.74, 6) is 0. The van der Waals surface area contributed by atoms with Crippen LogP contribution in [-0.2, 0) is 0 Å². The molecule has 0 radical (unpaired) electrons. The fraction of sp³-hybridized carbons (Fsp3) is 0.333. The Morgan fingerprint density at radius 2 is 2.09 bits per heavy atom. The second kappa shape index (κ2) is 2.16. The number of benzene rings is 1. The van der Waals surface area contributed by atoms with Crippen LogP contribution in [0.15, 0.2) is 24.3 Å². The van der Waals surface area contributed by atoms with E-state index >= 15 is 0 Å². The third-order valence-electron chi connectivity index (χ3n) is 2.23. The highest BCUT2D eigenvalue weighted by Gasteiger charge is 2.19. The van der Waals surface area contributed by atoms with Crippen LogP contribution in [0.3, 0.4) is 0 Å². The molecule has 0 aromatic heterocycles. The van der Waals surface area contributed by atoms with E-state index in [9.17, 15) is 0 Å². The maximum absolute atomic E-state index is 3.37. The molecule has 0 bridgehead atoms. The zero-order chi connectivity index (χ0) is 7.84. The van der Waals surface area contributed by atoms with E-state index in [0.29, 0.717) is 6.17 Å². The maximum Gasteiger partial charge on any atom is 0.0959 e. The fourth-order valence-electron chi connectivity index (χ4n) is 1.43. The predicted molar refractivity (Wildman–Crippen MR) is 47.9 cm³/mol. The average molecular weight is 148 g/mol.